The number of aliphatic hydroxyl groups is 1. The maximum Gasteiger partial charge on any atom is 0.414 e. The minimum Gasteiger partial charge on any atom is -0.447 e. The van der Waals surface area contributed by atoms with E-state index >= 15 is 0 Å². The Hall–Kier alpha value is -2.08. The van der Waals surface area contributed by atoms with E-state index in [4.69, 9.17) is 4.74 Å². The number of nitrogens with zero attached hydrogens (tertiary/aromatic N) is 2. The number of anilines is 2. The smallest absolute Gasteiger partial charge is 0.414 e. The predicted octanol–water partition coefficient (Wildman–Crippen LogP) is 0.741. The first-order valence-electron chi connectivity index (χ1n) is 6.18. The Morgan fingerprint density at radius 3 is 2.53 bits per heavy atom. The van der Waals surface area contributed by atoms with Gasteiger partial charge in [-0.05, 0) is 18.2 Å². The van der Waals surface area contributed by atoms with Gasteiger partial charge in [0.25, 0.3) is 0 Å². The van der Waals surface area contributed by atoms with E-state index in [-0.39, 0.29) is 18.4 Å². The molecule has 6 heteroatoms. The van der Waals surface area contributed by atoms with Crippen LogP contribution in [0.1, 0.15) is 6.42 Å². The van der Waals surface area contributed by atoms with Crippen LogP contribution >= 0.6 is 0 Å². The van der Waals surface area contributed by atoms with Crippen molar-refractivity contribution in [2.75, 3.05) is 29.5 Å². The van der Waals surface area contributed by atoms with Crippen LogP contribution in [0.25, 0.3) is 0 Å². The first-order chi connectivity index (χ1) is 9.15. The summed E-state index contributed by atoms with van der Waals surface area (Å²) in [6.45, 7) is 1.19. The maximum absolute atomic E-state index is 11.7. The highest BCUT2D eigenvalue weighted by Crippen LogP contribution is 2.27. The van der Waals surface area contributed by atoms with Crippen LogP contribution in [-0.4, -0.2) is 42.9 Å². The Kier molecular flexibility index (Phi) is 2.87. The number of amides is 2. The Morgan fingerprint density at radius 2 is 1.95 bits per heavy atom. The van der Waals surface area contributed by atoms with Crippen LogP contribution in [0.3, 0.4) is 0 Å². The number of benzene rings is 1. The Bertz CT molecular complexity index is 531. The second kappa shape index (κ2) is 4.55. The number of rotatable bonds is 2. The first-order valence-corrected chi connectivity index (χ1v) is 6.18. The van der Waals surface area contributed by atoms with Gasteiger partial charge in [0.05, 0.1) is 25.6 Å². The average molecular weight is 262 g/mol. The van der Waals surface area contributed by atoms with Crippen molar-refractivity contribution in [3.8, 4) is 0 Å². The molecule has 1 unspecified atom stereocenters. The van der Waals surface area contributed by atoms with E-state index in [1.807, 2.05) is 0 Å². The summed E-state index contributed by atoms with van der Waals surface area (Å²) in [4.78, 5) is 26.3. The number of cyclic esters (lactones) is 1. The standard InChI is InChI=1S/C13H14N2O4/c16-11-7-12(17)15(8-11)10-3-1-2-9(6-10)14-4-5-19-13(14)18/h1-3,6,11,16H,4-5,7-8H2. The number of hydrogen-bond donors (Lipinski definition) is 1. The molecule has 1 atom stereocenters. The van der Waals surface area contributed by atoms with Gasteiger partial charge in [-0.1, -0.05) is 6.07 Å². The summed E-state index contributed by atoms with van der Waals surface area (Å²) in [5, 5.41) is 9.51. The van der Waals surface area contributed by atoms with Gasteiger partial charge in [0.15, 0.2) is 0 Å². The molecule has 0 spiro atoms. The van der Waals surface area contributed by atoms with Crippen molar-refractivity contribution in [3.05, 3.63) is 24.3 Å². The van der Waals surface area contributed by atoms with Crippen molar-refractivity contribution >= 4 is 23.4 Å². The number of aliphatic hydroxyl groups excluding tert-OH is 1. The lowest BCUT2D eigenvalue weighted by Gasteiger charge is -2.19. The highest BCUT2D eigenvalue weighted by molar-refractivity contribution is 5.97. The molecule has 0 aliphatic carbocycles. The number of carbonyl (C=O) groups excluding carboxylic acids is 2. The summed E-state index contributed by atoms with van der Waals surface area (Å²) in [5.41, 5.74) is 1.40. The Morgan fingerprint density at radius 1 is 1.21 bits per heavy atom. The molecule has 2 heterocycles. The average Bonchev–Trinajstić information content (AvgIpc) is 2.95. The largest absolute Gasteiger partial charge is 0.447 e. The molecular weight excluding hydrogens is 248 g/mol. The molecule has 100 valence electrons. The topological polar surface area (TPSA) is 70.1 Å². The van der Waals surface area contributed by atoms with E-state index in [1.165, 1.54) is 9.80 Å². The zero-order valence-electron chi connectivity index (χ0n) is 10.3. The first kappa shape index (κ1) is 12.0. The van der Waals surface area contributed by atoms with Crippen LogP contribution in [0.2, 0.25) is 0 Å². The van der Waals surface area contributed by atoms with Crippen molar-refractivity contribution in [1.82, 2.24) is 0 Å². The summed E-state index contributed by atoms with van der Waals surface area (Å²) in [5.74, 6) is -0.103. The third-order valence-electron chi connectivity index (χ3n) is 3.32. The molecule has 2 amide bonds. The molecule has 1 N–H and O–H groups in total. The van der Waals surface area contributed by atoms with Crippen LogP contribution in [0, 0.1) is 0 Å². The summed E-state index contributed by atoms with van der Waals surface area (Å²) in [6.07, 6.45) is -0.839. The molecule has 6 nitrogen and oxygen atoms in total. The minimum absolute atomic E-state index is 0.103. The zero-order valence-corrected chi connectivity index (χ0v) is 10.3. The molecule has 0 aromatic heterocycles. The quantitative estimate of drug-likeness (QED) is 0.853. The Balaban J connectivity index is 1.88. The predicted molar refractivity (Wildman–Crippen MR) is 68.1 cm³/mol. The van der Waals surface area contributed by atoms with Crippen LogP contribution in [-0.2, 0) is 9.53 Å². The highest BCUT2D eigenvalue weighted by atomic mass is 16.6. The summed E-state index contributed by atoms with van der Waals surface area (Å²) < 4.78 is 4.89. The van der Waals surface area contributed by atoms with E-state index in [1.54, 1.807) is 24.3 Å². The molecule has 3 rings (SSSR count). The fourth-order valence-electron chi connectivity index (χ4n) is 2.40. The van der Waals surface area contributed by atoms with Gasteiger partial charge in [-0.3, -0.25) is 9.69 Å². The van der Waals surface area contributed by atoms with Gasteiger partial charge in [-0.2, -0.15) is 0 Å². The van der Waals surface area contributed by atoms with Gasteiger partial charge in [-0.25, -0.2) is 4.79 Å². The van der Waals surface area contributed by atoms with E-state index in [2.05, 4.69) is 0 Å². The summed E-state index contributed by atoms with van der Waals surface area (Å²) in [6, 6.07) is 7.14. The molecular formula is C13H14N2O4. The summed E-state index contributed by atoms with van der Waals surface area (Å²) >= 11 is 0. The van der Waals surface area contributed by atoms with Crippen molar-refractivity contribution < 1.29 is 19.4 Å². The maximum atomic E-state index is 11.7. The number of hydrogen-bond acceptors (Lipinski definition) is 4. The molecule has 0 radical (unpaired) electrons. The molecule has 2 aliphatic rings. The molecule has 0 saturated carbocycles. The van der Waals surface area contributed by atoms with E-state index in [0.29, 0.717) is 31.1 Å². The fourth-order valence-corrected chi connectivity index (χ4v) is 2.40. The van der Waals surface area contributed by atoms with E-state index < -0.39 is 6.10 Å². The SMILES string of the molecule is O=C1CC(O)CN1c1cccc(N2CCOC2=O)c1. The summed E-state index contributed by atoms with van der Waals surface area (Å²) in [7, 11) is 0. The molecule has 2 fully saturated rings. The lowest BCUT2D eigenvalue weighted by molar-refractivity contribution is -0.117. The third-order valence-corrected chi connectivity index (χ3v) is 3.32. The van der Waals surface area contributed by atoms with Crippen LogP contribution in [0.15, 0.2) is 24.3 Å². The molecule has 19 heavy (non-hydrogen) atoms. The van der Waals surface area contributed by atoms with Gasteiger partial charge in [0.1, 0.15) is 6.61 Å². The van der Waals surface area contributed by atoms with E-state index in [9.17, 15) is 14.7 Å². The van der Waals surface area contributed by atoms with Gasteiger partial charge in [0, 0.05) is 11.4 Å². The van der Waals surface area contributed by atoms with Crippen LogP contribution in [0.4, 0.5) is 16.2 Å². The molecule has 1 aromatic carbocycles. The van der Waals surface area contributed by atoms with Crippen molar-refractivity contribution in [2.45, 2.75) is 12.5 Å². The van der Waals surface area contributed by atoms with Gasteiger partial charge < -0.3 is 14.7 Å². The zero-order chi connectivity index (χ0) is 13.4. The second-order valence-corrected chi connectivity index (χ2v) is 4.65. The van der Waals surface area contributed by atoms with Crippen LogP contribution in [0.5, 0.6) is 0 Å². The van der Waals surface area contributed by atoms with E-state index in [0.717, 1.165) is 0 Å². The third kappa shape index (κ3) is 2.15. The molecule has 0 bridgehead atoms. The lowest BCUT2D eigenvalue weighted by atomic mass is 10.2. The van der Waals surface area contributed by atoms with Gasteiger partial charge in [0.2, 0.25) is 5.91 Å². The van der Waals surface area contributed by atoms with Crippen molar-refractivity contribution in [3.63, 3.8) is 0 Å². The minimum atomic E-state index is -0.618. The normalized spacial score (nSPS) is 23.1. The van der Waals surface area contributed by atoms with Crippen LogP contribution < -0.4 is 9.80 Å². The van der Waals surface area contributed by atoms with Crippen molar-refractivity contribution in [1.29, 1.82) is 0 Å². The fraction of sp³-hybridized carbons (Fsp3) is 0.385. The number of carbonyl (C=O) groups is 2. The molecule has 1 aromatic rings. The number of β-amino-alcohol motifs (C(OH)–C–C–N with tert-alkyl or cyclic N) is 1. The van der Waals surface area contributed by atoms with Gasteiger partial charge >= 0.3 is 6.09 Å². The molecule has 2 saturated heterocycles. The molecule has 2 aliphatic heterocycles. The van der Waals surface area contributed by atoms with Gasteiger partial charge in [-0.15, -0.1) is 0 Å². The monoisotopic (exact) mass is 262 g/mol. The van der Waals surface area contributed by atoms with Crippen molar-refractivity contribution in [2.24, 2.45) is 0 Å². The number of ether oxygens (including phenoxy) is 1. The second-order valence-electron chi connectivity index (χ2n) is 4.65. The lowest BCUT2D eigenvalue weighted by Crippen LogP contribution is -2.27. The Labute approximate surface area is 110 Å². The highest BCUT2D eigenvalue weighted by Gasteiger charge is 2.30.